The molecule has 0 fully saturated rings. The highest BCUT2D eigenvalue weighted by Gasteiger charge is 2.35. The summed E-state index contributed by atoms with van der Waals surface area (Å²) in [6.07, 6.45) is -4.78. The third-order valence-corrected chi connectivity index (χ3v) is 4.01. The van der Waals surface area contributed by atoms with E-state index in [1.165, 1.54) is 0 Å². The van der Waals surface area contributed by atoms with Gasteiger partial charge in [0.15, 0.2) is 11.6 Å². The van der Waals surface area contributed by atoms with Crippen molar-refractivity contribution in [3.05, 3.63) is 78.1 Å². The van der Waals surface area contributed by atoms with E-state index in [-0.39, 0.29) is 5.75 Å². The Morgan fingerprint density at radius 3 is 2.30 bits per heavy atom. The van der Waals surface area contributed by atoms with Crippen LogP contribution in [0.5, 0.6) is 11.5 Å². The van der Waals surface area contributed by atoms with Crippen LogP contribution in [0.2, 0.25) is 0 Å². The highest BCUT2D eigenvalue weighted by Crippen LogP contribution is 2.36. The molecule has 0 unspecified atom stereocenters. The summed E-state index contributed by atoms with van der Waals surface area (Å²) in [5, 5.41) is 0. The number of halogens is 4. The maximum Gasteiger partial charge on any atom is 0.419 e. The van der Waals surface area contributed by atoms with Crippen molar-refractivity contribution in [3.8, 4) is 22.9 Å². The minimum Gasteiger partial charge on any atom is -0.454 e. The first-order valence-electron chi connectivity index (χ1n) is 8.00. The molecule has 0 aliphatic rings. The third kappa shape index (κ3) is 3.36. The van der Waals surface area contributed by atoms with Crippen molar-refractivity contribution < 1.29 is 22.3 Å². The lowest BCUT2D eigenvalue weighted by Gasteiger charge is -2.12. The quantitative estimate of drug-likeness (QED) is 0.436. The van der Waals surface area contributed by atoms with E-state index < -0.39 is 23.3 Å². The number of benzene rings is 3. The summed E-state index contributed by atoms with van der Waals surface area (Å²) in [4.78, 5) is 7.65. The molecular formula is C20H12F4N2O. The molecule has 27 heavy (non-hydrogen) atoms. The van der Waals surface area contributed by atoms with Gasteiger partial charge < -0.3 is 9.72 Å². The van der Waals surface area contributed by atoms with Gasteiger partial charge in [0, 0.05) is 5.56 Å². The van der Waals surface area contributed by atoms with E-state index >= 15 is 0 Å². The number of fused-ring (bicyclic) bond motifs is 1. The number of aromatic amines is 1. The van der Waals surface area contributed by atoms with E-state index in [2.05, 4.69) is 9.97 Å². The number of aromatic nitrogens is 2. The first kappa shape index (κ1) is 17.1. The maximum absolute atomic E-state index is 14.1. The first-order chi connectivity index (χ1) is 12.9. The average molecular weight is 372 g/mol. The van der Waals surface area contributed by atoms with Gasteiger partial charge in [-0.15, -0.1) is 0 Å². The molecule has 0 saturated carbocycles. The van der Waals surface area contributed by atoms with Gasteiger partial charge in [0.25, 0.3) is 0 Å². The normalized spacial score (nSPS) is 11.7. The molecule has 7 heteroatoms. The summed E-state index contributed by atoms with van der Waals surface area (Å²) in [6.45, 7) is 0. The Morgan fingerprint density at radius 1 is 0.852 bits per heavy atom. The summed E-state index contributed by atoms with van der Waals surface area (Å²) in [5.41, 5.74) is 1.11. The smallest absolute Gasteiger partial charge is 0.419 e. The van der Waals surface area contributed by atoms with Crippen LogP contribution < -0.4 is 4.74 Å². The van der Waals surface area contributed by atoms with Gasteiger partial charge in [-0.3, -0.25) is 0 Å². The summed E-state index contributed by atoms with van der Waals surface area (Å²) in [7, 11) is 0. The number of alkyl halides is 3. The summed E-state index contributed by atoms with van der Waals surface area (Å²) >= 11 is 0. The van der Waals surface area contributed by atoms with E-state index in [0.717, 1.165) is 28.7 Å². The number of imidazole rings is 1. The van der Waals surface area contributed by atoms with Crippen LogP contribution in [0.25, 0.3) is 22.4 Å². The molecule has 3 aromatic carbocycles. The number of nitrogens with one attached hydrogen (secondary N) is 1. The monoisotopic (exact) mass is 372 g/mol. The molecule has 1 heterocycles. The van der Waals surface area contributed by atoms with Gasteiger partial charge in [-0.05, 0) is 48.5 Å². The molecule has 0 spiro atoms. The molecule has 4 aromatic rings. The molecule has 0 amide bonds. The van der Waals surface area contributed by atoms with Crippen LogP contribution in [-0.2, 0) is 6.18 Å². The van der Waals surface area contributed by atoms with Gasteiger partial charge in [-0.25, -0.2) is 9.37 Å². The summed E-state index contributed by atoms with van der Waals surface area (Å²) < 4.78 is 57.7. The number of hydrogen-bond acceptors (Lipinski definition) is 2. The van der Waals surface area contributed by atoms with Crippen LogP contribution in [0.3, 0.4) is 0 Å². The predicted molar refractivity (Wildman–Crippen MR) is 93.0 cm³/mol. The molecule has 0 radical (unpaired) electrons. The van der Waals surface area contributed by atoms with Crippen LogP contribution in [0.4, 0.5) is 17.6 Å². The Morgan fingerprint density at radius 2 is 1.59 bits per heavy atom. The van der Waals surface area contributed by atoms with E-state index in [4.69, 9.17) is 4.74 Å². The molecular weight excluding hydrogens is 360 g/mol. The van der Waals surface area contributed by atoms with Crippen molar-refractivity contribution in [1.29, 1.82) is 0 Å². The fourth-order valence-corrected chi connectivity index (χ4v) is 2.71. The molecule has 0 saturated heterocycles. The van der Waals surface area contributed by atoms with Gasteiger partial charge in [0.05, 0.1) is 16.6 Å². The number of ether oxygens (including phenoxy) is 1. The minimum absolute atomic E-state index is 0.216. The summed E-state index contributed by atoms with van der Waals surface area (Å²) in [5.74, 6) is -1.06. The van der Waals surface area contributed by atoms with Crippen molar-refractivity contribution >= 4 is 11.0 Å². The fraction of sp³-hybridized carbons (Fsp3) is 0.0500. The van der Waals surface area contributed by atoms with Gasteiger partial charge >= 0.3 is 6.18 Å². The van der Waals surface area contributed by atoms with Crippen molar-refractivity contribution in [2.24, 2.45) is 0 Å². The van der Waals surface area contributed by atoms with Crippen molar-refractivity contribution in [3.63, 3.8) is 0 Å². The Bertz CT molecular complexity index is 1070. The van der Waals surface area contributed by atoms with Crippen LogP contribution in [0.1, 0.15) is 5.56 Å². The van der Waals surface area contributed by atoms with Gasteiger partial charge in [0.2, 0.25) is 0 Å². The fourth-order valence-electron chi connectivity index (χ4n) is 2.71. The largest absolute Gasteiger partial charge is 0.454 e. The predicted octanol–water partition coefficient (Wildman–Crippen LogP) is 6.18. The second kappa shape index (κ2) is 6.42. The SMILES string of the molecule is Fc1c(Oc2ccc(-c3nc4ccccc4[nH]3)cc2)cccc1C(F)(F)F. The number of para-hydroxylation sites is 2. The molecule has 0 atom stereocenters. The molecule has 3 nitrogen and oxygen atoms in total. The third-order valence-electron chi connectivity index (χ3n) is 4.01. The van der Waals surface area contributed by atoms with Crippen LogP contribution in [0, 0.1) is 5.82 Å². The van der Waals surface area contributed by atoms with Crippen molar-refractivity contribution in [1.82, 2.24) is 9.97 Å². The van der Waals surface area contributed by atoms with Gasteiger partial charge in [-0.1, -0.05) is 18.2 Å². The number of rotatable bonds is 3. The second-order valence-corrected chi connectivity index (χ2v) is 5.84. The van der Waals surface area contributed by atoms with Crippen molar-refractivity contribution in [2.45, 2.75) is 6.18 Å². The average Bonchev–Trinajstić information content (AvgIpc) is 3.07. The molecule has 0 bridgehead atoms. The number of hydrogen-bond donors (Lipinski definition) is 1. The Balaban J connectivity index is 1.60. The lowest BCUT2D eigenvalue weighted by atomic mass is 10.2. The molecule has 136 valence electrons. The van der Waals surface area contributed by atoms with Crippen LogP contribution in [-0.4, -0.2) is 9.97 Å². The number of H-pyrrole nitrogens is 1. The number of nitrogens with zero attached hydrogens (tertiary/aromatic N) is 1. The Hall–Kier alpha value is -3.35. The highest BCUT2D eigenvalue weighted by molar-refractivity contribution is 5.79. The second-order valence-electron chi connectivity index (χ2n) is 5.84. The van der Waals surface area contributed by atoms with Gasteiger partial charge in [-0.2, -0.15) is 13.2 Å². The Kier molecular flexibility index (Phi) is 4.07. The van der Waals surface area contributed by atoms with Crippen LogP contribution >= 0.6 is 0 Å². The standard InChI is InChI=1S/C20H12F4N2O/c21-18-14(20(22,23)24)4-3-7-17(18)27-13-10-8-12(9-11-13)19-25-15-5-1-2-6-16(15)26-19/h1-11H,(H,25,26). The minimum atomic E-state index is -4.78. The van der Waals surface area contributed by atoms with Crippen molar-refractivity contribution in [2.75, 3.05) is 0 Å². The highest BCUT2D eigenvalue weighted by atomic mass is 19.4. The summed E-state index contributed by atoms with van der Waals surface area (Å²) in [6, 6.07) is 17.0. The molecule has 4 rings (SSSR count). The molecule has 0 aliphatic heterocycles. The first-order valence-corrected chi connectivity index (χ1v) is 8.00. The van der Waals surface area contributed by atoms with E-state index in [1.807, 2.05) is 24.3 Å². The van der Waals surface area contributed by atoms with Crippen LogP contribution in [0.15, 0.2) is 66.7 Å². The lowest BCUT2D eigenvalue weighted by Crippen LogP contribution is -2.08. The molecule has 1 N–H and O–H groups in total. The Labute approximate surface area is 151 Å². The molecule has 1 aromatic heterocycles. The zero-order valence-electron chi connectivity index (χ0n) is 13.7. The zero-order valence-corrected chi connectivity index (χ0v) is 13.7. The lowest BCUT2D eigenvalue weighted by molar-refractivity contribution is -0.140. The zero-order chi connectivity index (χ0) is 19.0. The van der Waals surface area contributed by atoms with Gasteiger partial charge in [0.1, 0.15) is 11.6 Å². The molecule has 0 aliphatic carbocycles. The van der Waals surface area contributed by atoms with E-state index in [9.17, 15) is 17.6 Å². The maximum atomic E-state index is 14.1. The topological polar surface area (TPSA) is 37.9 Å². The van der Waals surface area contributed by atoms with E-state index in [0.29, 0.717) is 11.9 Å². The van der Waals surface area contributed by atoms with E-state index in [1.54, 1.807) is 24.3 Å².